The van der Waals surface area contributed by atoms with Gasteiger partial charge < -0.3 is 5.73 Å². The maximum Gasteiger partial charge on any atom is 0.148 e. The Bertz CT molecular complexity index is 382. The van der Waals surface area contributed by atoms with Crippen molar-refractivity contribution in [1.29, 1.82) is 0 Å². The van der Waals surface area contributed by atoms with Gasteiger partial charge >= 0.3 is 0 Å². The van der Waals surface area contributed by atoms with E-state index in [-0.39, 0.29) is 16.7 Å². The van der Waals surface area contributed by atoms with E-state index < -0.39 is 9.84 Å². The fourth-order valence-electron chi connectivity index (χ4n) is 2.63. The van der Waals surface area contributed by atoms with Crippen molar-refractivity contribution in [3.8, 4) is 0 Å². The molecule has 1 unspecified atom stereocenters. The van der Waals surface area contributed by atoms with E-state index in [4.69, 9.17) is 5.73 Å². The lowest BCUT2D eigenvalue weighted by atomic mass is 9.70. The van der Waals surface area contributed by atoms with E-state index in [9.17, 15) is 8.42 Å². The summed E-state index contributed by atoms with van der Waals surface area (Å²) in [4.78, 5) is 2.17. The Balaban J connectivity index is 2.86. The van der Waals surface area contributed by atoms with Gasteiger partial charge in [-0.1, -0.05) is 13.8 Å². The summed E-state index contributed by atoms with van der Waals surface area (Å²) < 4.78 is 22.6. The van der Waals surface area contributed by atoms with Crippen LogP contribution in [0.5, 0.6) is 0 Å². The summed E-state index contributed by atoms with van der Waals surface area (Å²) in [6, 6.07) is 0. The summed E-state index contributed by atoms with van der Waals surface area (Å²) in [5.74, 6) is 2.34. The van der Waals surface area contributed by atoms with Crippen LogP contribution in [-0.2, 0) is 9.84 Å². The maximum atomic E-state index is 11.3. The van der Waals surface area contributed by atoms with E-state index in [0.29, 0.717) is 13.1 Å². The molecule has 0 aliphatic carbocycles. The van der Waals surface area contributed by atoms with Crippen molar-refractivity contribution in [1.82, 2.24) is 4.90 Å². The number of sulfone groups is 1. The molecule has 1 atom stereocenters. The molecule has 0 bridgehead atoms. The van der Waals surface area contributed by atoms with Gasteiger partial charge in [-0.15, -0.1) is 0 Å². The topological polar surface area (TPSA) is 63.4 Å². The number of hydrogen-bond donors (Lipinski definition) is 1. The zero-order chi connectivity index (χ0) is 14.0. The second-order valence-corrected chi connectivity index (χ2v) is 9.34. The van der Waals surface area contributed by atoms with Gasteiger partial charge in [0.05, 0.1) is 5.75 Å². The Hall–Kier alpha value is 0.220. The van der Waals surface area contributed by atoms with Crippen molar-refractivity contribution in [3.05, 3.63) is 0 Å². The van der Waals surface area contributed by atoms with E-state index in [0.717, 1.165) is 17.9 Å². The maximum absolute atomic E-state index is 11.3. The molecule has 0 amide bonds. The highest BCUT2D eigenvalue weighted by molar-refractivity contribution is 7.99. The third-order valence-electron chi connectivity index (χ3n) is 4.34. The highest BCUT2D eigenvalue weighted by Crippen LogP contribution is 2.44. The van der Waals surface area contributed by atoms with Crippen LogP contribution in [-0.4, -0.2) is 62.5 Å². The molecule has 6 heteroatoms. The van der Waals surface area contributed by atoms with Gasteiger partial charge in [-0.2, -0.15) is 11.8 Å². The highest BCUT2D eigenvalue weighted by Gasteiger charge is 2.48. The van der Waals surface area contributed by atoms with Crippen LogP contribution in [0.15, 0.2) is 0 Å². The highest BCUT2D eigenvalue weighted by atomic mass is 32.2. The lowest BCUT2D eigenvalue weighted by molar-refractivity contribution is 0.0246. The second-order valence-electron chi connectivity index (χ2n) is 5.97. The largest absolute Gasteiger partial charge is 0.329 e. The molecule has 1 aliphatic rings. The normalized spacial score (nSPS) is 28.6. The van der Waals surface area contributed by atoms with Crippen molar-refractivity contribution < 1.29 is 8.42 Å². The number of thioether (sulfide) groups is 1. The van der Waals surface area contributed by atoms with Crippen molar-refractivity contribution in [2.24, 2.45) is 11.1 Å². The van der Waals surface area contributed by atoms with Gasteiger partial charge in [-0.05, 0) is 24.6 Å². The lowest BCUT2D eigenvalue weighted by Crippen LogP contribution is -2.65. The number of likely N-dealkylation sites (N-methyl/N-ethyl adjacent to an activating group) is 1. The summed E-state index contributed by atoms with van der Waals surface area (Å²) in [7, 11) is -0.914. The van der Waals surface area contributed by atoms with E-state index in [1.807, 2.05) is 18.8 Å². The zero-order valence-corrected chi connectivity index (χ0v) is 13.5. The number of nitrogens with zero attached hydrogens (tertiary/aromatic N) is 1. The summed E-state index contributed by atoms with van der Waals surface area (Å²) >= 11 is 1.92. The summed E-state index contributed by atoms with van der Waals surface area (Å²) in [5, 5.41) is 0. The fourth-order valence-corrected chi connectivity index (χ4v) is 5.10. The molecule has 2 N–H and O–H groups in total. The molecule has 1 saturated heterocycles. The van der Waals surface area contributed by atoms with Crippen LogP contribution in [0, 0.1) is 5.41 Å². The summed E-state index contributed by atoms with van der Waals surface area (Å²) in [6.45, 7) is 5.63. The third-order valence-corrected chi connectivity index (χ3v) is 6.44. The first-order chi connectivity index (χ1) is 8.15. The fraction of sp³-hybridized carbons (Fsp3) is 1.00. The minimum Gasteiger partial charge on any atom is -0.329 e. The first-order valence-electron chi connectivity index (χ1n) is 6.31. The molecule has 0 aromatic rings. The van der Waals surface area contributed by atoms with Gasteiger partial charge in [0.25, 0.3) is 0 Å². The van der Waals surface area contributed by atoms with Crippen molar-refractivity contribution in [2.45, 2.75) is 25.8 Å². The molecule has 1 rings (SSSR count). The molecule has 108 valence electrons. The number of nitrogens with two attached hydrogens (primary N) is 1. The van der Waals surface area contributed by atoms with Crippen LogP contribution in [0.4, 0.5) is 0 Å². The minimum atomic E-state index is -2.92. The smallest absolute Gasteiger partial charge is 0.148 e. The monoisotopic (exact) mass is 294 g/mol. The molecular formula is C12H26N2O2S2. The van der Waals surface area contributed by atoms with Crippen molar-refractivity contribution in [3.63, 3.8) is 0 Å². The van der Waals surface area contributed by atoms with E-state index in [2.05, 4.69) is 18.7 Å². The summed E-state index contributed by atoms with van der Waals surface area (Å²) in [5.41, 5.74) is 6.08. The Morgan fingerprint density at radius 2 is 2.00 bits per heavy atom. The molecule has 0 aromatic carbocycles. The van der Waals surface area contributed by atoms with Crippen LogP contribution >= 0.6 is 11.8 Å². The predicted octanol–water partition coefficient (Wildman–Crippen LogP) is 0.823. The molecule has 0 saturated carbocycles. The molecular weight excluding hydrogens is 268 g/mol. The summed E-state index contributed by atoms with van der Waals surface area (Å²) in [6.07, 6.45) is 2.41. The quantitative estimate of drug-likeness (QED) is 0.813. The Kier molecular flexibility index (Phi) is 5.14. The molecule has 1 heterocycles. The van der Waals surface area contributed by atoms with Crippen LogP contribution in [0.2, 0.25) is 0 Å². The zero-order valence-electron chi connectivity index (χ0n) is 11.9. The average molecular weight is 294 g/mol. The van der Waals surface area contributed by atoms with Gasteiger partial charge in [-0.25, -0.2) is 8.42 Å². The van der Waals surface area contributed by atoms with E-state index in [1.54, 1.807) is 0 Å². The third kappa shape index (κ3) is 3.40. The first-order valence-corrected chi connectivity index (χ1v) is 9.53. The van der Waals surface area contributed by atoms with Gasteiger partial charge in [0.15, 0.2) is 0 Å². The molecule has 1 fully saturated rings. The van der Waals surface area contributed by atoms with Crippen molar-refractivity contribution >= 4 is 21.6 Å². The molecule has 1 aliphatic heterocycles. The SMILES string of the molecule is CN(CCS(C)(=O)=O)C1(CN)CSCCC1(C)C. The standard InChI is InChI=1S/C12H26N2O2S2/c1-11(2)5-7-17-10-12(11,9-13)14(3)6-8-18(4,15)16/h5-10,13H2,1-4H3. The molecule has 4 nitrogen and oxygen atoms in total. The Morgan fingerprint density at radius 3 is 2.44 bits per heavy atom. The Labute approximate surface area is 116 Å². The van der Waals surface area contributed by atoms with Gasteiger partial charge in [-0.3, -0.25) is 4.90 Å². The van der Waals surface area contributed by atoms with Crippen LogP contribution in [0.3, 0.4) is 0 Å². The number of rotatable bonds is 5. The molecule has 0 radical (unpaired) electrons. The van der Waals surface area contributed by atoms with E-state index in [1.165, 1.54) is 6.26 Å². The molecule has 18 heavy (non-hydrogen) atoms. The predicted molar refractivity (Wildman–Crippen MR) is 79.8 cm³/mol. The Morgan fingerprint density at radius 1 is 1.39 bits per heavy atom. The average Bonchev–Trinajstić information content (AvgIpc) is 2.25. The second kappa shape index (κ2) is 5.69. The van der Waals surface area contributed by atoms with Gasteiger partial charge in [0.2, 0.25) is 0 Å². The molecule has 0 spiro atoms. The van der Waals surface area contributed by atoms with Crippen molar-refractivity contribution in [2.75, 3.05) is 43.7 Å². The first kappa shape index (κ1) is 16.3. The van der Waals surface area contributed by atoms with E-state index >= 15 is 0 Å². The number of hydrogen-bond acceptors (Lipinski definition) is 5. The van der Waals surface area contributed by atoms with Crippen LogP contribution in [0.25, 0.3) is 0 Å². The van der Waals surface area contributed by atoms with Crippen LogP contribution in [0.1, 0.15) is 20.3 Å². The lowest BCUT2D eigenvalue weighted by Gasteiger charge is -2.54. The molecule has 0 aromatic heterocycles. The van der Waals surface area contributed by atoms with Gasteiger partial charge in [0, 0.05) is 30.6 Å². The minimum absolute atomic E-state index is 0.0966. The van der Waals surface area contributed by atoms with Gasteiger partial charge in [0.1, 0.15) is 9.84 Å². The van der Waals surface area contributed by atoms with Crippen LogP contribution < -0.4 is 5.73 Å².